The summed E-state index contributed by atoms with van der Waals surface area (Å²) in [5, 5.41) is 4.28. The Hall–Kier alpha value is -2.29. The van der Waals surface area contributed by atoms with Gasteiger partial charge in [-0.05, 0) is 33.0 Å². The van der Waals surface area contributed by atoms with E-state index in [1.165, 1.54) is 5.56 Å². The first kappa shape index (κ1) is 20.6. The normalized spacial score (nSPS) is 27.4. The van der Waals surface area contributed by atoms with Gasteiger partial charge in [-0.15, -0.1) is 0 Å². The quantitative estimate of drug-likeness (QED) is 0.737. The van der Waals surface area contributed by atoms with Crippen molar-refractivity contribution in [2.45, 2.75) is 19.3 Å². The van der Waals surface area contributed by atoms with Crippen LogP contribution < -0.4 is 0 Å². The first-order chi connectivity index (χ1) is 15.0. The molecule has 0 unspecified atom stereocenters. The molecule has 0 saturated carbocycles. The van der Waals surface area contributed by atoms with E-state index in [-0.39, 0.29) is 17.2 Å². The molecular formula is C23H31N5O3. The van der Waals surface area contributed by atoms with Gasteiger partial charge >= 0.3 is 0 Å². The maximum atomic E-state index is 13.1. The molecule has 3 fully saturated rings. The Kier molecular flexibility index (Phi) is 5.54. The highest BCUT2D eigenvalue weighted by molar-refractivity contribution is 5.79. The number of aromatic nitrogens is 2. The number of hydrogen-bond donors (Lipinski definition) is 0. The zero-order chi connectivity index (χ0) is 21.4. The van der Waals surface area contributed by atoms with Crippen LogP contribution >= 0.6 is 0 Å². The molecule has 31 heavy (non-hydrogen) atoms. The standard InChI is InChI=1S/C23H31N5O3/c1-17-4-3-5-18(12-17)21-24-22(31-25-21)19-13-28(16-23(19)6-7-26(2)15-23)20(29)14-27-8-10-30-11-9-27/h3-5,12,19H,6-11,13-16H2,1-2H3/t19-,23-/m0/s1. The predicted molar refractivity (Wildman–Crippen MR) is 116 cm³/mol. The van der Waals surface area contributed by atoms with E-state index in [9.17, 15) is 4.79 Å². The van der Waals surface area contributed by atoms with Crippen molar-refractivity contribution in [3.8, 4) is 11.4 Å². The van der Waals surface area contributed by atoms with Gasteiger partial charge < -0.3 is 19.1 Å². The molecule has 4 heterocycles. The van der Waals surface area contributed by atoms with Gasteiger partial charge in [-0.3, -0.25) is 9.69 Å². The van der Waals surface area contributed by atoms with Crippen LogP contribution in [0.2, 0.25) is 0 Å². The average molecular weight is 426 g/mol. The van der Waals surface area contributed by atoms with Crippen molar-refractivity contribution in [1.82, 2.24) is 24.8 Å². The van der Waals surface area contributed by atoms with Crippen molar-refractivity contribution < 1.29 is 14.1 Å². The van der Waals surface area contributed by atoms with Crippen LogP contribution in [-0.2, 0) is 9.53 Å². The maximum Gasteiger partial charge on any atom is 0.236 e. The molecule has 5 rings (SSSR count). The largest absolute Gasteiger partial charge is 0.379 e. The highest BCUT2D eigenvalue weighted by Crippen LogP contribution is 2.48. The molecule has 0 bridgehead atoms. The highest BCUT2D eigenvalue weighted by Gasteiger charge is 2.53. The molecule has 166 valence electrons. The lowest BCUT2D eigenvalue weighted by Gasteiger charge is -2.29. The Labute approximate surface area is 183 Å². The van der Waals surface area contributed by atoms with Gasteiger partial charge in [-0.2, -0.15) is 4.98 Å². The molecular weight excluding hydrogens is 394 g/mol. The van der Waals surface area contributed by atoms with Gasteiger partial charge in [-0.25, -0.2) is 0 Å². The maximum absolute atomic E-state index is 13.1. The van der Waals surface area contributed by atoms with Crippen LogP contribution in [0, 0.1) is 12.3 Å². The van der Waals surface area contributed by atoms with E-state index in [0.717, 1.165) is 44.7 Å². The molecule has 3 saturated heterocycles. The molecule has 1 amide bonds. The van der Waals surface area contributed by atoms with Gasteiger partial charge in [0, 0.05) is 43.7 Å². The van der Waals surface area contributed by atoms with Crippen LogP contribution in [0.4, 0.5) is 0 Å². The molecule has 1 aromatic heterocycles. The number of aryl methyl sites for hydroxylation is 1. The molecule has 0 N–H and O–H groups in total. The van der Waals surface area contributed by atoms with E-state index in [4.69, 9.17) is 14.2 Å². The third-order valence-electron chi connectivity index (χ3n) is 7.06. The van der Waals surface area contributed by atoms with Gasteiger partial charge in [0.1, 0.15) is 0 Å². The molecule has 0 radical (unpaired) electrons. The Morgan fingerprint density at radius 2 is 2.06 bits per heavy atom. The van der Waals surface area contributed by atoms with Crippen LogP contribution in [0.3, 0.4) is 0 Å². The second-order valence-corrected chi connectivity index (χ2v) is 9.39. The summed E-state index contributed by atoms with van der Waals surface area (Å²) in [5.74, 6) is 1.54. The van der Waals surface area contributed by atoms with Crippen LogP contribution in [-0.4, -0.2) is 96.8 Å². The molecule has 3 aliphatic heterocycles. The van der Waals surface area contributed by atoms with E-state index < -0.39 is 0 Å². The van der Waals surface area contributed by atoms with Crippen molar-refractivity contribution in [3.63, 3.8) is 0 Å². The van der Waals surface area contributed by atoms with Gasteiger partial charge in [0.25, 0.3) is 0 Å². The third kappa shape index (κ3) is 4.12. The van der Waals surface area contributed by atoms with Crippen molar-refractivity contribution >= 4 is 5.91 Å². The van der Waals surface area contributed by atoms with Gasteiger partial charge in [0.05, 0.1) is 25.7 Å². The monoisotopic (exact) mass is 425 g/mol. The number of carbonyl (C=O) groups excluding carboxylic acids is 1. The van der Waals surface area contributed by atoms with Crippen molar-refractivity contribution in [2.24, 2.45) is 5.41 Å². The number of rotatable bonds is 4. The van der Waals surface area contributed by atoms with E-state index in [1.54, 1.807) is 0 Å². The second-order valence-electron chi connectivity index (χ2n) is 9.39. The zero-order valence-corrected chi connectivity index (χ0v) is 18.4. The lowest BCUT2D eigenvalue weighted by atomic mass is 9.77. The van der Waals surface area contributed by atoms with Crippen LogP contribution in [0.15, 0.2) is 28.8 Å². The summed E-state index contributed by atoms with van der Waals surface area (Å²) < 4.78 is 11.2. The Balaban J connectivity index is 1.37. The van der Waals surface area contributed by atoms with Crippen LogP contribution in [0.25, 0.3) is 11.4 Å². The molecule has 1 spiro atoms. The van der Waals surface area contributed by atoms with Crippen LogP contribution in [0.5, 0.6) is 0 Å². The zero-order valence-electron chi connectivity index (χ0n) is 18.4. The third-order valence-corrected chi connectivity index (χ3v) is 7.06. The number of amides is 1. The van der Waals surface area contributed by atoms with E-state index in [1.807, 2.05) is 17.0 Å². The minimum atomic E-state index is -0.0220. The predicted octanol–water partition coefficient (Wildman–Crippen LogP) is 1.62. The minimum absolute atomic E-state index is 0.0220. The number of benzene rings is 1. The summed E-state index contributed by atoms with van der Waals surface area (Å²) >= 11 is 0. The molecule has 1 aromatic carbocycles. The molecule has 8 heteroatoms. The van der Waals surface area contributed by atoms with Crippen LogP contribution in [0.1, 0.15) is 23.8 Å². The molecule has 8 nitrogen and oxygen atoms in total. The summed E-state index contributed by atoms with van der Waals surface area (Å²) in [5.41, 5.74) is 2.11. The summed E-state index contributed by atoms with van der Waals surface area (Å²) in [7, 11) is 2.15. The molecule has 2 aromatic rings. The molecule has 3 aliphatic rings. The average Bonchev–Trinajstić information content (AvgIpc) is 3.48. The van der Waals surface area contributed by atoms with Gasteiger partial charge in [-0.1, -0.05) is 28.9 Å². The Bertz CT molecular complexity index is 941. The summed E-state index contributed by atoms with van der Waals surface area (Å²) in [4.78, 5) is 24.5. The lowest BCUT2D eigenvalue weighted by Crippen LogP contribution is -2.44. The highest BCUT2D eigenvalue weighted by atomic mass is 16.5. The fraction of sp³-hybridized carbons (Fsp3) is 0.609. The Morgan fingerprint density at radius 3 is 2.81 bits per heavy atom. The first-order valence-electron chi connectivity index (χ1n) is 11.2. The van der Waals surface area contributed by atoms with Crippen molar-refractivity contribution in [2.75, 3.05) is 66.1 Å². The minimum Gasteiger partial charge on any atom is -0.379 e. The second kappa shape index (κ2) is 8.33. The van der Waals surface area contributed by atoms with Gasteiger partial charge in [0.2, 0.25) is 17.6 Å². The number of likely N-dealkylation sites (tertiary alicyclic amines) is 2. The summed E-state index contributed by atoms with van der Waals surface area (Å²) in [6.07, 6.45) is 1.04. The smallest absolute Gasteiger partial charge is 0.236 e. The lowest BCUT2D eigenvalue weighted by molar-refractivity contribution is -0.132. The van der Waals surface area contributed by atoms with E-state index in [2.05, 4.69) is 41.1 Å². The SMILES string of the molecule is Cc1cccc(-c2noc([C@@H]3CN(C(=O)CN4CCOCC4)C[C@@]34CCN(C)C4)n2)c1. The molecule has 2 atom stereocenters. The first-order valence-corrected chi connectivity index (χ1v) is 11.2. The van der Waals surface area contributed by atoms with E-state index in [0.29, 0.717) is 38.0 Å². The fourth-order valence-electron chi connectivity index (χ4n) is 5.35. The number of carbonyl (C=O) groups is 1. The molecule has 0 aliphatic carbocycles. The number of nitrogens with zero attached hydrogens (tertiary/aromatic N) is 5. The van der Waals surface area contributed by atoms with Gasteiger partial charge in [0.15, 0.2) is 0 Å². The number of morpholine rings is 1. The topological polar surface area (TPSA) is 74.9 Å². The van der Waals surface area contributed by atoms with Crippen molar-refractivity contribution in [1.29, 1.82) is 0 Å². The van der Waals surface area contributed by atoms with E-state index >= 15 is 0 Å². The summed E-state index contributed by atoms with van der Waals surface area (Å²) in [6.45, 7) is 8.94. The van der Waals surface area contributed by atoms with Crippen molar-refractivity contribution in [3.05, 3.63) is 35.7 Å². The fourth-order valence-corrected chi connectivity index (χ4v) is 5.35. The number of ether oxygens (including phenoxy) is 1. The number of hydrogen-bond acceptors (Lipinski definition) is 7. The Morgan fingerprint density at radius 1 is 1.23 bits per heavy atom. The summed E-state index contributed by atoms with van der Waals surface area (Å²) in [6, 6.07) is 8.15.